The van der Waals surface area contributed by atoms with Gasteiger partial charge in [-0.1, -0.05) is 6.92 Å². The summed E-state index contributed by atoms with van der Waals surface area (Å²) in [5.74, 6) is 0.630. The maximum absolute atomic E-state index is 12.3. The SMILES string of the molecule is COc1ccc(S(=O)(=O)NCC(C)SC)c(CCN)c1. The molecule has 0 amide bonds. The molecule has 0 aliphatic rings. The summed E-state index contributed by atoms with van der Waals surface area (Å²) in [7, 11) is -1.97. The lowest BCUT2D eigenvalue weighted by molar-refractivity contribution is 0.413. The molecule has 0 saturated heterocycles. The fourth-order valence-corrected chi connectivity index (χ4v) is 3.42. The molecule has 7 heteroatoms. The zero-order valence-corrected chi connectivity index (χ0v) is 13.7. The number of sulfonamides is 1. The first-order chi connectivity index (χ1) is 9.44. The van der Waals surface area contributed by atoms with Gasteiger partial charge in [0.25, 0.3) is 0 Å². The Bertz CT molecular complexity index is 532. The molecule has 0 aliphatic heterocycles. The third-order valence-corrected chi connectivity index (χ3v) is 5.43. The molecule has 1 aromatic rings. The van der Waals surface area contributed by atoms with Gasteiger partial charge in [-0.15, -0.1) is 0 Å². The van der Waals surface area contributed by atoms with Gasteiger partial charge in [-0.25, -0.2) is 13.1 Å². The normalized spacial score (nSPS) is 13.2. The number of nitrogens with one attached hydrogen (secondary N) is 1. The van der Waals surface area contributed by atoms with Crippen molar-refractivity contribution in [2.24, 2.45) is 5.73 Å². The van der Waals surface area contributed by atoms with Gasteiger partial charge < -0.3 is 10.5 Å². The summed E-state index contributed by atoms with van der Waals surface area (Å²) < 4.78 is 32.4. The third-order valence-electron chi connectivity index (χ3n) is 2.93. The molecule has 0 heterocycles. The van der Waals surface area contributed by atoms with Gasteiger partial charge in [0.15, 0.2) is 0 Å². The van der Waals surface area contributed by atoms with E-state index < -0.39 is 10.0 Å². The highest BCUT2D eigenvalue weighted by molar-refractivity contribution is 7.99. The van der Waals surface area contributed by atoms with Crippen LogP contribution in [0.15, 0.2) is 23.1 Å². The summed E-state index contributed by atoms with van der Waals surface area (Å²) >= 11 is 1.61. The second kappa shape index (κ2) is 7.87. The number of hydrogen-bond acceptors (Lipinski definition) is 5. The van der Waals surface area contributed by atoms with Crippen LogP contribution in [0.1, 0.15) is 12.5 Å². The number of benzene rings is 1. The second-order valence-electron chi connectivity index (χ2n) is 4.41. The van der Waals surface area contributed by atoms with Crippen LogP contribution in [0.3, 0.4) is 0 Å². The molecule has 0 aliphatic carbocycles. The molecular weight excluding hydrogens is 296 g/mol. The standard InChI is InChI=1S/C13H22N2O3S2/c1-10(19-3)9-15-20(16,17)13-5-4-12(18-2)8-11(13)6-7-14/h4-5,8,10,15H,6-7,9,14H2,1-3H3. The molecule has 114 valence electrons. The number of rotatable bonds is 8. The molecule has 0 aromatic heterocycles. The van der Waals surface area contributed by atoms with E-state index in [-0.39, 0.29) is 10.1 Å². The van der Waals surface area contributed by atoms with Crippen LogP contribution in [-0.4, -0.2) is 40.1 Å². The van der Waals surface area contributed by atoms with Crippen LogP contribution in [0.25, 0.3) is 0 Å². The van der Waals surface area contributed by atoms with Crippen LogP contribution in [0.5, 0.6) is 5.75 Å². The van der Waals surface area contributed by atoms with Gasteiger partial charge in [0.2, 0.25) is 10.0 Å². The van der Waals surface area contributed by atoms with Gasteiger partial charge >= 0.3 is 0 Å². The molecule has 3 N–H and O–H groups in total. The molecule has 0 radical (unpaired) electrons. The van der Waals surface area contributed by atoms with Crippen molar-refractivity contribution < 1.29 is 13.2 Å². The second-order valence-corrected chi connectivity index (χ2v) is 7.42. The largest absolute Gasteiger partial charge is 0.497 e. The lowest BCUT2D eigenvalue weighted by atomic mass is 10.1. The van der Waals surface area contributed by atoms with Crippen molar-refractivity contribution in [2.45, 2.75) is 23.5 Å². The Morgan fingerprint density at radius 1 is 1.45 bits per heavy atom. The van der Waals surface area contributed by atoms with Crippen molar-refractivity contribution in [3.63, 3.8) is 0 Å². The minimum atomic E-state index is -3.52. The lowest BCUT2D eigenvalue weighted by Gasteiger charge is -2.14. The molecule has 1 aromatic carbocycles. The summed E-state index contributed by atoms with van der Waals surface area (Å²) in [4.78, 5) is 0.275. The Morgan fingerprint density at radius 3 is 2.70 bits per heavy atom. The van der Waals surface area contributed by atoms with Gasteiger partial charge in [-0.2, -0.15) is 11.8 Å². The topological polar surface area (TPSA) is 81.4 Å². The Balaban J connectivity index is 3.03. The summed E-state index contributed by atoms with van der Waals surface area (Å²) in [6.45, 7) is 2.76. The minimum absolute atomic E-state index is 0.223. The molecule has 0 bridgehead atoms. The van der Waals surface area contributed by atoms with Gasteiger partial charge in [-0.3, -0.25) is 0 Å². The highest BCUT2D eigenvalue weighted by Crippen LogP contribution is 2.22. The average molecular weight is 318 g/mol. The smallest absolute Gasteiger partial charge is 0.240 e. The van der Waals surface area contributed by atoms with E-state index in [9.17, 15) is 8.42 Å². The monoisotopic (exact) mass is 318 g/mol. The van der Waals surface area contributed by atoms with E-state index in [2.05, 4.69) is 4.72 Å². The van der Waals surface area contributed by atoms with E-state index in [4.69, 9.17) is 10.5 Å². The van der Waals surface area contributed by atoms with Gasteiger partial charge in [-0.05, 0) is 43.0 Å². The Hall–Kier alpha value is -0.760. The first-order valence-electron chi connectivity index (χ1n) is 6.34. The quantitative estimate of drug-likeness (QED) is 0.753. The van der Waals surface area contributed by atoms with Gasteiger partial charge in [0.1, 0.15) is 5.75 Å². The summed E-state index contributed by atoms with van der Waals surface area (Å²) in [6, 6.07) is 4.93. The average Bonchev–Trinajstić information content (AvgIpc) is 2.44. The van der Waals surface area contributed by atoms with Crippen LogP contribution in [-0.2, 0) is 16.4 Å². The maximum Gasteiger partial charge on any atom is 0.240 e. The van der Waals surface area contributed by atoms with E-state index in [0.29, 0.717) is 30.8 Å². The summed E-state index contributed by atoms with van der Waals surface area (Å²) in [6.07, 6.45) is 2.44. The minimum Gasteiger partial charge on any atom is -0.497 e. The number of nitrogens with two attached hydrogens (primary N) is 1. The first kappa shape index (κ1) is 17.3. The molecule has 5 nitrogen and oxygen atoms in total. The molecule has 1 atom stereocenters. The molecule has 1 rings (SSSR count). The molecule has 0 saturated carbocycles. The maximum atomic E-state index is 12.3. The zero-order valence-electron chi connectivity index (χ0n) is 12.0. The number of methoxy groups -OCH3 is 1. The van der Waals surface area contributed by atoms with Gasteiger partial charge in [0, 0.05) is 11.8 Å². The molecule has 0 fully saturated rings. The van der Waals surface area contributed by atoms with Crippen LogP contribution < -0.4 is 15.2 Å². The highest BCUT2D eigenvalue weighted by Gasteiger charge is 2.19. The van der Waals surface area contributed by atoms with Crippen molar-refractivity contribution >= 4 is 21.8 Å². The fourth-order valence-electron chi connectivity index (χ4n) is 1.68. The van der Waals surface area contributed by atoms with E-state index in [1.54, 1.807) is 37.1 Å². The summed E-state index contributed by atoms with van der Waals surface area (Å²) in [5.41, 5.74) is 6.23. The Kier molecular flexibility index (Phi) is 6.81. The van der Waals surface area contributed by atoms with E-state index in [1.165, 1.54) is 0 Å². The number of hydrogen-bond donors (Lipinski definition) is 2. The van der Waals surface area contributed by atoms with Gasteiger partial charge in [0.05, 0.1) is 12.0 Å². The predicted molar refractivity (Wildman–Crippen MR) is 83.9 cm³/mol. The van der Waals surface area contributed by atoms with Crippen LogP contribution in [0.2, 0.25) is 0 Å². The number of thioether (sulfide) groups is 1. The fraction of sp³-hybridized carbons (Fsp3) is 0.538. The lowest BCUT2D eigenvalue weighted by Crippen LogP contribution is -2.30. The Labute approximate surface area is 125 Å². The van der Waals surface area contributed by atoms with Crippen molar-refractivity contribution in [3.8, 4) is 5.75 Å². The van der Waals surface area contributed by atoms with Crippen LogP contribution >= 0.6 is 11.8 Å². The molecule has 20 heavy (non-hydrogen) atoms. The first-order valence-corrected chi connectivity index (χ1v) is 9.11. The highest BCUT2D eigenvalue weighted by atomic mass is 32.2. The van der Waals surface area contributed by atoms with E-state index >= 15 is 0 Å². The van der Waals surface area contributed by atoms with Crippen LogP contribution in [0.4, 0.5) is 0 Å². The molecule has 1 unspecified atom stereocenters. The van der Waals surface area contributed by atoms with Crippen molar-refractivity contribution in [2.75, 3.05) is 26.5 Å². The van der Waals surface area contributed by atoms with Crippen molar-refractivity contribution in [3.05, 3.63) is 23.8 Å². The van der Waals surface area contributed by atoms with E-state index in [0.717, 1.165) is 0 Å². The van der Waals surface area contributed by atoms with Crippen molar-refractivity contribution in [1.82, 2.24) is 4.72 Å². The third kappa shape index (κ3) is 4.66. The van der Waals surface area contributed by atoms with E-state index in [1.807, 2.05) is 13.2 Å². The van der Waals surface area contributed by atoms with Crippen LogP contribution in [0, 0.1) is 0 Å². The number of ether oxygens (including phenoxy) is 1. The molecule has 0 spiro atoms. The molecular formula is C13H22N2O3S2. The van der Waals surface area contributed by atoms with Crippen molar-refractivity contribution in [1.29, 1.82) is 0 Å². The zero-order chi connectivity index (χ0) is 15.2. The summed E-state index contributed by atoms with van der Waals surface area (Å²) in [5, 5.41) is 0.223. The Morgan fingerprint density at radius 2 is 2.15 bits per heavy atom. The predicted octanol–water partition coefficient (Wildman–Crippen LogP) is 1.23.